The van der Waals surface area contributed by atoms with Crippen LogP contribution in [-0.4, -0.2) is 18.2 Å². The number of rotatable bonds is 4. The van der Waals surface area contributed by atoms with Crippen molar-refractivity contribution in [3.8, 4) is 0 Å². The largest absolute Gasteiger partial charge is 0.371 e. The van der Waals surface area contributed by atoms with Gasteiger partial charge in [0.05, 0.1) is 6.04 Å². The third kappa shape index (κ3) is 5.12. The maximum atomic E-state index is 6.01. The van der Waals surface area contributed by atoms with Crippen LogP contribution in [0.2, 0.25) is 5.02 Å². The Labute approximate surface area is 166 Å². The molecule has 1 fully saturated rings. The molecule has 0 amide bonds. The fourth-order valence-electron chi connectivity index (χ4n) is 3.41. The van der Waals surface area contributed by atoms with E-state index in [-0.39, 0.29) is 6.04 Å². The molecule has 2 N–H and O–H groups in total. The summed E-state index contributed by atoms with van der Waals surface area (Å²) in [6, 6.07) is 16.5. The molecule has 0 radical (unpaired) electrons. The quantitative estimate of drug-likeness (QED) is 0.665. The summed E-state index contributed by atoms with van der Waals surface area (Å²) >= 11 is 11.4. The minimum absolute atomic E-state index is 0.128. The van der Waals surface area contributed by atoms with Crippen molar-refractivity contribution in [3.05, 3.63) is 59.1 Å². The molecule has 1 saturated heterocycles. The number of halogens is 1. The molecular formula is C21H26ClN3S. The molecule has 0 saturated carbocycles. The second-order valence-corrected chi connectivity index (χ2v) is 7.96. The van der Waals surface area contributed by atoms with E-state index in [2.05, 4.69) is 53.6 Å². The zero-order valence-corrected chi connectivity index (χ0v) is 16.9. The van der Waals surface area contributed by atoms with Crippen LogP contribution in [0, 0.1) is 5.92 Å². The van der Waals surface area contributed by atoms with Gasteiger partial charge in [-0.25, -0.2) is 0 Å². The second-order valence-electron chi connectivity index (χ2n) is 7.12. The van der Waals surface area contributed by atoms with E-state index < -0.39 is 0 Å². The molecule has 3 nitrogen and oxygen atoms in total. The third-order valence-electron chi connectivity index (χ3n) is 4.85. The van der Waals surface area contributed by atoms with Crippen molar-refractivity contribution in [2.24, 2.45) is 5.92 Å². The molecule has 2 aromatic rings. The molecule has 3 rings (SSSR count). The van der Waals surface area contributed by atoms with Gasteiger partial charge in [-0.1, -0.05) is 36.7 Å². The van der Waals surface area contributed by atoms with Gasteiger partial charge in [0.1, 0.15) is 0 Å². The molecule has 5 heteroatoms. The lowest BCUT2D eigenvalue weighted by molar-refractivity contribution is 0.447. The molecule has 0 aromatic heterocycles. The van der Waals surface area contributed by atoms with Gasteiger partial charge in [-0.05, 0) is 73.8 Å². The van der Waals surface area contributed by atoms with E-state index in [4.69, 9.17) is 23.8 Å². The van der Waals surface area contributed by atoms with E-state index in [1.807, 2.05) is 24.3 Å². The van der Waals surface area contributed by atoms with Crippen LogP contribution >= 0.6 is 23.8 Å². The van der Waals surface area contributed by atoms with Crippen molar-refractivity contribution in [1.82, 2.24) is 5.32 Å². The van der Waals surface area contributed by atoms with E-state index >= 15 is 0 Å². The fraction of sp³-hybridized carbons (Fsp3) is 0.381. The predicted molar refractivity (Wildman–Crippen MR) is 116 cm³/mol. The van der Waals surface area contributed by atoms with Gasteiger partial charge in [-0.15, -0.1) is 0 Å². The van der Waals surface area contributed by atoms with Crippen LogP contribution in [-0.2, 0) is 0 Å². The number of hydrogen-bond acceptors (Lipinski definition) is 2. The van der Waals surface area contributed by atoms with Gasteiger partial charge < -0.3 is 15.5 Å². The minimum atomic E-state index is 0.128. The molecule has 0 spiro atoms. The Hall–Kier alpha value is -1.78. The van der Waals surface area contributed by atoms with Gasteiger partial charge in [-0.2, -0.15) is 0 Å². The van der Waals surface area contributed by atoms with Gasteiger partial charge in [0.25, 0.3) is 0 Å². The minimum Gasteiger partial charge on any atom is -0.371 e. The monoisotopic (exact) mass is 387 g/mol. The van der Waals surface area contributed by atoms with E-state index in [9.17, 15) is 0 Å². The summed E-state index contributed by atoms with van der Waals surface area (Å²) in [4.78, 5) is 2.49. The first-order chi connectivity index (χ1) is 12.5. The van der Waals surface area contributed by atoms with Gasteiger partial charge in [-0.3, -0.25) is 0 Å². The average Bonchev–Trinajstić information content (AvgIpc) is 2.61. The number of piperidine rings is 1. The molecule has 2 aromatic carbocycles. The molecule has 138 valence electrons. The number of hydrogen-bond donors (Lipinski definition) is 2. The summed E-state index contributed by atoms with van der Waals surface area (Å²) in [5.74, 6) is 0.777. The van der Waals surface area contributed by atoms with Gasteiger partial charge in [0.15, 0.2) is 5.11 Å². The lowest BCUT2D eigenvalue weighted by atomic mass is 9.99. The Morgan fingerprint density at radius 2 is 2.00 bits per heavy atom. The highest BCUT2D eigenvalue weighted by molar-refractivity contribution is 7.80. The highest BCUT2D eigenvalue weighted by Gasteiger charge is 2.17. The average molecular weight is 388 g/mol. The van der Waals surface area contributed by atoms with Crippen LogP contribution < -0.4 is 15.5 Å². The zero-order chi connectivity index (χ0) is 18.5. The second kappa shape index (κ2) is 8.74. The van der Waals surface area contributed by atoms with E-state index in [1.165, 1.54) is 24.1 Å². The summed E-state index contributed by atoms with van der Waals surface area (Å²) in [5, 5.41) is 7.79. The van der Waals surface area contributed by atoms with Crippen molar-refractivity contribution in [1.29, 1.82) is 0 Å². The highest BCUT2D eigenvalue weighted by atomic mass is 35.5. The molecule has 0 unspecified atom stereocenters. The first kappa shape index (κ1) is 19.0. The lowest BCUT2D eigenvalue weighted by Gasteiger charge is -2.33. The number of anilines is 2. The number of nitrogens with zero attached hydrogens (tertiary/aromatic N) is 1. The predicted octanol–water partition coefficient (Wildman–Crippen LogP) is 5.62. The number of nitrogens with one attached hydrogen (secondary N) is 2. The first-order valence-electron chi connectivity index (χ1n) is 9.19. The summed E-state index contributed by atoms with van der Waals surface area (Å²) in [7, 11) is 0. The maximum absolute atomic E-state index is 6.01. The van der Waals surface area contributed by atoms with Crippen LogP contribution in [0.25, 0.3) is 0 Å². The van der Waals surface area contributed by atoms with Crippen LogP contribution in [0.15, 0.2) is 48.5 Å². The van der Waals surface area contributed by atoms with E-state index in [0.29, 0.717) is 10.1 Å². The topological polar surface area (TPSA) is 27.3 Å². The van der Waals surface area contributed by atoms with E-state index in [0.717, 1.165) is 24.7 Å². The summed E-state index contributed by atoms with van der Waals surface area (Å²) in [6.07, 6.45) is 2.62. The summed E-state index contributed by atoms with van der Waals surface area (Å²) < 4.78 is 0. The third-order valence-corrected chi connectivity index (χ3v) is 5.30. The summed E-state index contributed by atoms with van der Waals surface area (Å²) in [6.45, 7) is 6.76. The van der Waals surface area contributed by atoms with Crippen LogP contribution in [0.1, 0.15) is 38.3 Å². The molecule has 1 heterocycles. The molecular weight excluding hydrogens is 362 g/mol. The maximum Gasteiger partial charge on any atom is 0.171 e. The van der Waals surface area contributed by atoms with Crippen molar-refractivity contribution < 1.29 is 0 Å². The Morgan fingerprint density at radius 1 is 1.23 bits per heavy atom. The normalized spacial score (nSPS) is 18.3. The molecule has 26 heavy (non-hydrogen) atoms. The molecule has 1 aliphatic heterocycles. The van der Waals surface area contributed by atoms with Gasteiger partial charge >= 0.3 is 0 Å². The van der Waals surface area contributed by atoms with E-state index in [1.54, 1.807) is 0 Å². The molecule has 0 bridgehead atoms. The van der Waals surface area contributed by atoms with Crippen molar-refractivity contribution >= 4 is 40.3 Å². The number of thiocarbonyl (C=S) groups is 1. The zero-order valence-electron chi connectivity index (χ0n) is 15.3. The fourth-order valence-corrected chi connectivity index (χ4v) is 3.90. The first-order valence-corrected chi connectivity index (χ1v) is 9.98. The molecule has 2 atom stereocenters. The smallest absolute Gasteiger partial charge is 0.171 e. The van der Waals surface area contributed by atoms with Crippen LogP contribution in [0.3, 0.4) is 0 Å². The molecule has 1 aliphatic rings. The highest BCUT2D eigenvalue weighted by Crippen LogP contribution is 2.24. The molecule has 0 aliphatic carbocycles. The van der Waals surface area contributed by atoms with Gasteiger partial charge in [0, 0.05) is 29.5 Å². The Morgan fingerprint density at radius 3 is 2.69 bits per heavy atom. The van der Waals surface area contributed by atoms with Crippen molar-refractivity contribution in [3.63, 3.8) is 0 Å². The van der Waals surface area contributed by atoms with Gasteiger partial charge in [0.2, 0.25) is 0 Å². The number of benzene rings is 2. The Kier molecular flexibility index (Phi) is 6.38. The Bertz CT molecular complexity index is 747. The Balaban J connectivity index is 1.57. The summed E-state index contributed by atoms with van der Waals surface area (Å²) in [5.41, 5.74) is 3.41. The van der Waals surface area contributed by atoms with Crippen LogP contribution in [0.5, 0.6) is 0 Å². The van der Waals surface area contributed by atoms with Crippen molar-refractivity contribution in [2.45, 2.75) is 32.7 Å². The standard InChI is InChI=1S/C21H26ClN3S/c1-15-5-4-12-25(14-15)20-10-8-17(9-11-20)16(2)23-21(26)24-19-7-3-6-18(22)13-19/h3,6-11,13,15-16H,4-5,12,14H2,1-2H3,(H2,23,24,26)/t15-,16-/m0/s1. The lowest BCUT2D eigenvalue weighted by Crippen LogP contribution is -2.34. The van der Waals surface area contributed by atoms with Crippen molar-refractivity contribution in [2.75, 3.05) is 23.3 Å². The van der Waals surface area contributed by atoms with Crippen LogP contribution in [0.4, 0.5) is 11.4 Å². The SMILES string of the molecule is C[C@H]1CCCN(c2ccc([C@H](C)NC(=S)Nc3cccc(Cl)c3)cc2)C1.